The van der Waals surface area contributed by atoms with Crippen LogP contribution in [0.1, 0.15) is 64.8 Å². The maximum atomic E-state index is 13.5. The zero-order valence-corrected chi connectivity index (χ0v) is 45.4. The van der Waals surface area contributed by atoms with Gasteiger partial charge in [-0.05, 0) is 129 Å². The quantitative estimate of drug-likeness (QED) is 0.0745. The molecular formula is C52H59BrF3N12O8P. The van der Waals surface area contributed by atoms with E-state index in [0.717, 1.165) is 112 Å². The zero-order chi connectivity index (χ0) is 54.9. The fraction of sp³-hybridized carbons (Fsp3) is 0.442. The number of carboxylic acid groups (broad SMARTS) is 1. The Morgan fingerprint density at radius 3 is 2.19 bits per heavy atom. The Bertz CT molecular complexity index is 3160. The van der Waals surface area contributed by atoms with Crippen LogP contribution in [0.4, 0.5) is 47.7 Å². The van der Waals surface area contributed by atoms with Crippen LogP contribution in [0.25, 0.3) is 11.0 Å². The molecule has 4 amide bonds. The van der Waals surface area contributed by atoms with Crippen molar-refractivity contribution in [2.45, 2.75) is 63.7 Å². The Kier molecular flexibility index (Phi) is 16.2. The Morgan fingerprint density at radius 2 is 1.53 bits per heavy atom. The number of rotatable bonds is 12. The van der Waals surface area contributed by atoms with Crippen molar-refractivity contribution in [1.29, 1.82) is 0 Å². The predicted octanol–water partition coefficient (Wildman–Crippen LogP) is 6.77. The molecule has 5 aliphatic heterocycles. The lowest BCUT2D eigenvalue weighted by atomic mass is 9.93. The molecule has 4 saturated heterocycles. The zero-order valence-electron chi connectivity index (χ0n) is 42.9. The second-order valence-corrected chi connectivity index (χ2v) is 24.2. The third-order valence-corrected chi connectivity index (χ3v) is 16.9. The number of likely N-dealkylation sites (tertiary alicyclic amines) is 1. The molecule has 0 radical (unpaired) electrons. The van der Waals surface area contributed by atoms with Gasteiger partial charge in [0.25, 0.3) is 11.8 Å². The van der Waals surface area contributed by atoms with Crippen molar-refractivity contribution in [2.75, 3.05) is 99.8 Å². The van der Waals surface area contributed by atoms with E-state index in [1.54, 1.807) is 51.2 Å². The molecule has 0 saturated carbocycles. The molecule has 1 atom stereocenters. The molecule has 25 heteroatoms. The summed E-state index contributed by atoms with van der Waals surface area (Å²) in [6.45, 7) is 14.5. The van der Waals surface area contributed by atoms with Gasteiger partial charge in [0.1, 0.15) is 30.3 Å². The highest BCUT2D eigenvalue weighted by Gasteiger charge is 2.45. The molecule has 3 aromatic carbocycles. The number of imide groups is 2. The van der Waals surface area contributed by atoms with E-state index >= 15 is 0 Å². The third kappa shape index (κ3) is 12.2. The van der Waals surface area contributed by atoms with Crippen LogP contribution in [0.5, 0.6) is 5.75 Å². The van der Waals surface area contributed by atoms with Crippen LogP contribution in [-0.2, 0) is 18.9 Å². The average molecular weight is 1150 g/mol. The molecule has 5 aromatic rings. The molecule has 77 heavy (non-hydrogen) atoms. The van der Waals surface area contributed by atoms with Crippen molar-refractivity contribution in [3.05, 3.63) is 82.2 Å². The number of aromatic nitrogens is 4. The number of aryl methyl sites for hydroxylation is 1. The fourth-order valence-electron chi connectivity index (χ4n) is 10.9. The van der Waals surface area contributed by atoms with Gasteiger partial charge < -0.3 is 39.7 Å². The number of nitrogens with one attached hydrogen (secondary N) is 3. The number of fused-ring (bicyclic) bond motifs is 2. The second-order valence-electron chi connectivity index (χ2n) is 20.2. The van der Waals surface area contributed by atoms with E-state index in [0.29, 0.717) is 67.1 Å². The summed E-state index contributed by atoms with van der Waals surface area (Å²) in [5, 5.41) is 16.7. The summed E-state index contributed by atoms with van der Waals surface area (Å²) in [6, 6.07) is 12.9. The number of carboxylic acids is 1. The number of anilines is 6. The van der Waals surface area contributed by atoms with E-state index in [4.69, 9.17) is 19.6 Å². The molecule has 4 fully saturated rings. The van der Waals surface area contributed by atoms with Gasteiger partial charge in [0.05, 0.1) is 44.9 Å². The van der Waals surface area contributed by atoms with Crippen molar-refractivity contribution in [3.8, 4) is 5.75 Å². The summed E-state index contributed by atoms with van der Waals surface area (Å²) in [7, 11) is -1.10. The Morgan fingerprint density at radius 1 is 0.844 bits per heavy atom. The molecule has 7 heterocycles. The first-order chi connectivity index (χ1) is 36.7. The van der Waals surface area contributed by atoms with Crippen LogP contribution < -0.4 is 35.8 Å². The molecule has 1 unspecified atom stereocenters. The van der Waals surface area contributed by atoms with Crippen LogP contribution in [0.3, 0.4) is 0 Å². The topological polar surface area (TPSA) is 236 Å². The maximum absolute atomic E-state index is 13.5. The van der Waals surface area contributed by atoms with Crippen molar-refractivity contribution in [1.82, 2.24) is 40.0 Å². The molecule has 0 spiro atoms. The number of benzene rings is 3. The number of hydrogen-bond acceptors (Lipinski definition) is 17. The Balaban J connectivity index is 0.000000967. The van der Waals surface area contributed by atoms with Gasteiger partial charge in [-0.25, -0.2) is 9.78 Å². The standard InChI is InChI=1S/C50H58BrN12O6P.C2HF3O2/c1-30-25-39(56-50-54-28-36(51)46(58-50)55-38-8-7-37-44(53-16-15-52-37)45(38)70(3,4)68)42(69-2)27-41(30)62-23-21-61(22-24-62)32-13-17-59(18-14-32)29-31-11-19-60(20-12-31)33-5-6-34-35(26-33)49(67)63(48(34)66)40-9-10-43(64)57-47(40)65;3-2(4,5)1(6)7/h5-8,15-16,25-28,31-32,40H,9-14,17-24,29H2,1-4H3,(H,57,64,65)(H2,54,55,56,58);(H,6,7). The summed E-state index contributed by atoms with van der Waals surface area (Å²) >= 11 is 3.59. The lowest BCUT2D eigenvalue weighted by molar-refractivity contribution is -0.192. The van der Waals surface area contributed by atoms with Crippen LogP contribution >= 0.6 is 23.1 Å². The van der Waals surface area contributed by atoms with Crippen molar-refractivity contribution in [2.24, 2.45) is 5.92 Å². The van der Waals surface area contributed by atoms with E-state index in [9.17, 15) is 36.9 Å². The highest BCUT2D eigenvalue weighted by molar-refractivity contribution is 9.10. The van der Waals surface area contributed by atoms with E-state index in [1.807, 2.05) is 18.2 Å². The summed E-state index contributed by atoms with van der Waals surface area (Å²) in [6.07, 6.45) is 4.50. The van der Waals surface area contributed by atoms with E-state index in [2.05, 4.69) is 85.5 Å². The van der Waals surface area contributed by atoms with Gasteiger partial charge >= 0.3 is 12.1 Å². The number of hydrogen-bond donors (Lipinski definition) is 4. The SMILES string of the molecule is COc1cc(N2CCN(C3CCN(CC4CCN(c5ccc6c(c5)C(=O)N(C5CCC(=O)NC5=O)C6=O)CC4)CC3)CC2)c(C)cc1Nc1ncc(Br)c(Nc2ccc3nccnc3c2P(C)(C)=O)n1.O=C(O)C(F)(F)F. The average Bonchev–Trinajstić information content (AvgIpc) is 3.72. The van der Waals surface area contributed by atoms with Gasteiger partial charge in [0.2, 0.25) is 17.8 Å². The highest BCUT2D eigenvalue weighted by atomic mass is 79.9. The normalized spacial score (nSPS) is 19.2. The molecule has 2 aromatic heterocycles. The molecule has 408 valence electrons. The Hall–Kier alpha value is -6.75. The number of amides is 4. The molecule has 0 bridgehead atoms. The molecule has 4 N–H and O–H groups in total. The van der Waals surface area contributed by atoms with Gasteiger partial charge in [-0.1, -0.05) is 0 Å². The highest BCUT2D eigenvalue weighted by Crippen LogP contribution is 2.42. The van der Waals surface area contributed by atoms with E-state index < -0.39 is 43.1 Å². The van der Waals surface area contributed by atoms with Crippen LogP contribution in [-0.4, -0.2) is 167 Å². The second kappa shape index (κ2) is 22.7. The summed E-state index contributed by atoms with van der Waals surface area (Å²) in [4.78, 5) is 89.1. The number of carbonyl (C=O) groups is 5. The van der Waals surface area contributed by atoms with Gasteiger partial charge in [0.15, 0.2) is 0 Å². The van der Waals surface area contributed by atoms with Gasteiger partial charge in [-0.15, -0.1) is 0 Å². The first-order valence-electron chi connectivity index (χ1n) is 25.3. The third-order valence-electron chi connectivity index (χ3n) is 14.8. The number of methoxy groups -OCH3 is 1. The smallest absolute Gasteiger partial charge is 0.490 e. The molecule has 10 rings (SSSR count). The minimum Gasteiger partial charge on any atom is -0.494 e. The lowest BCUT2D eigenvalue weighted by Gasteiger charge is -2.44. The summed E-state index contributed by atoms with van der Waals surface area (Å²) < 4.78 is 51.8. The van der Waals surface area contributed by atoms with Gasteiger partial charge in [-0.2, -0.15) is 18.2 Å². The van der Waals surface area contributed by atoms with Gasteiger partial charge in [0, 0.05) is 94.3 Å². The maximum Gasteiger partial charge on any atom is 0.490 e. The predicted molar refractivity (Wildman–Crippen MR) is 288 cm³/mol. The van der Waals surface area contributed by atoms with Crippen LogP contribution in [0, 0.1) is 12.8 Å². The van der Waals surface area contributed by atoms with E-state index in [-0.39, 0.29) is 18.7 Å². The number of halogens is 4. The largest absolute Gasteiger partial charge is 0.494 e. The number of alkyl halides is 3. The van der Waals surface area contributed by atoms with Crippen molar-refractivity contribution < 1.29 is 51.6 Å². The number of aliphatic carboxylic acids is 1. The number of piperidine rings is 3. The molecule has 20 nitrogen and oxygen atoms in total. The van der Waals surface area contributed by atoms with Crippen LogP contribution in [0.2, 0.25) is 0 Å². The number of piperazine rings is 1. The molecular weight excluding hydrogens is 1090 g/mol. The van der Waals surface area contributed by atoms with Gasteiger partial charge in [-0.3, -0.25) is 44.3 Å². The van der Waals surface area contributed by atoms with E-state index in [1.165, 1.54) is 0 Å². The minimum atomic E-state index is -5.08. The minimum absolute atomic E-state index is 0.0977. The Labute approximate surface area is 450 Å². The first kappa shape index (κ1) is 55.0. The number of ether oxygens (including phenoxy) is 1. The summed E-state index contributed by atoms with van der Waals surface area (Å²) in [5.41, 5.74) is 6.47. The first-order valence-corrected chi connectivity index (χ1v) is 28.7. The van der Waals surface area contributed by atoms with Crippen molar-refractivity contribution in [3.63, 3.8) is 0 Å². The van der Waals surface area contributed by atoms with Crippen LogP contribution in [0.15, 0.2) is 65.5 Å². The van der Waals surface area contributed by atoms with Crippen molar-refractivity contribution >= 4 is 104 Å². The molecule has 0 aliphatic carbocycles. The molecule has 5 aliphatic rings. The lowest BCUT2D eigenvalue weighted by Crippen LogP contribution is -2.54. The fourth-order valence-corrected chi connectivity index (χ4v) is 12.6. The monoisotopic (exact) mass is 1150 g/mol. The summed E-state index contributed by atoms with van der Waals surface area (Å²) in [5.74, 6) is -2.53. The number of carbonyl (C=O) groups excluding carboxylic acids is 4. The number of nitrogens with zero attached hydrogens (tertiary/aromatic N) is 9.